The number of methoxy groups -OCH3 is 1. The molecule has 0 aromatic heterocycles. The number of hydrogen-bond donors (Lipinski definition) is 2. The smallest absolute Gasteiger partial charge is 0.580 e. The molecule has 1 aromatic carbocycles. The quantitative estimate of drug-likeness (QED) is 0.588. The molecule has 1 aromatic rings. The summed E-state index contributed by atoms with van der Waals surface area (Å²) in [6.07, 6.45) is 2.34. The molecule has 1 aliphatic rings. The van der Waals surface area contributed by atoms with Crippen LogP contribution in [0.4, 0.5) is 5.69 Å². The van der Waals surface area contributed by atoms with Crippen LogP contribution in [0, 0.1) is 0 Å². The summed E-state index contributed by atoms with van der Waals surface area (Å²) in [4.78, 5) is 0.117. The Morgan fingerprint density at radius 2 is 2.00 bits per heavy atom. The standard InChI is InChI=1S/C11H13N4O3S.Ag/c1-18-11-7-6-10(13-14-11)15-19(16,17)9-4-2-8(12)3-5-9;/h2-7,10,15H,12H2,1H3;/q-1;+1. The van der Waals surface area contributed by atoms with Crippen LogP contribution < -0.4 is 10.5 Å². The first-order chi connectivity index (χ1) is 9.01. The average molecular weight is 389 g/mol. The molecule has 7 nitrogen and oxygen atoms in total. The molecule has 0 bridgehead atoms. The van der Waals surface area contributed by atoms with Gasteiger partial charge in [-0.05, 0) is 36.5 Å². The molecule has 3 N–H and O–H groups in total. The number of hydrogen-bond acceptors (Lipinski definition) is 5. The van der Waals surface area contributed by atoms with Gasteiger partial charge in [-0.25, -0.2) is 13.1 Å². The largest absolute Gasteiger partial charge is 1.00 e. The van der Waals surface area contributed by atoms with Crippen LogP contribution in [0.1, 0.15) is 0 Å². The minimum absolute atomic E-state index is 0. The summed E-state index contributed by atoms with van der Waals surface area (Å²) < 4.78 is 31.3. The van der Waals surface area contributed by atoms with Crippen molar-refractivity contribution < 1.29 is 35.5 Å². The first-order valence-corrected chi connectivity index (χ1v) is 6.87. The predicted octanol–water partition coefficient (Wildman–Crippen LogP) is 0.774. The molecule has 0 amide bonds. The Hall–Kier alpha value is -1.32. The third kappa shape index (κ3) is 4.09. The molecule has 1 unspecified atom stereocenters. The second kappa shape index (κ2) is 6.91. The number of ether oxygens (including phenoxy) is 1. The third-order valence-corrected chi connectivity index (χ3v) is 3.82. The number of nitrogens with zero attached hydrogens (tertiary/aromatic N) is 2. The normalized spacial score (nSPS) is 17.6. The van der Waals surface area contributed by atoms with Crippen molar-refractivity contribution in [2.45, 2.75) is 11.1 Å². The zero-order valence-electron chi connectivity index (χ0n) is 10.4. The van der Waals surface area contributed by atoms with Crippen LogP contribution in [0.15, 0.2) is 46.4 Å². The molecule has 9 heteroatoms. The van der Waals surface area contributed by atoms with Gasteiger partial charge in [0.15, 0.2) is 5.90 Å². The van der Waals surface area contributed by atoms with Crippen molar-refractivity contribution >= 4 is 21.6 Å². The second-order valence-electron chi connectivity index (χ2n) is 3.75. The molecule has 0 saturated carbocycles. The number of anilines is 1. The monoisotopic (exact) mass is 388 g/mol. The van der Waals surface area contributed by atoms with Crippen molar-refractivity contribution in [1.82, 2.24) is 4.72 Å². The summed E-state index contributed by atoms with van der Waals surface area (Å²) >= 11 is 0. The number of benzene rings is 1. The van der Waals surface area contributed by atoms with E-state index in [-0.39, 0.29) is 27.3 Å². The van der Waals surface area contributed by atoms with Crippen LogP contribution in [0.25, 0.3) is 5.43 Å². The van der Waals surface area contributed by atoms with Crippen molar-refractivity contribution in [3.05, 3.63) is 41.8 Å². The summed E-state index contributed by atoms with van der Waals surface area (Å²) in [5, 5.41) is 3.71. The van der Waals surface area contributed by atoms with Gasteiger partial charge in [-0.2, -0.15) is 0 Å². The molecular formula is C11H13AgN4O3S. The van der Waals surface area contributed by atoms with E-state index >= 15 is 0 Å². The van der Waals surface area contributed by atoms with Gasteiger partial charge in [0.25, 0.3) is 0 Å². The topological polar surface area (TPSA) is 108 Å². The summed E-state index contributed by atoms with van der Waals surface area (Å²) in [5.74, 6) is 0.322. The van der Waals surface area contributed by atoms with E-state index in [1.165, 1.54) is 31.4 Å². The summed E-state index contributed by atoms with van der Waals surface area (Å²) in [6.45, 7) is 0. The fourth-order valence-corrected chi connectivity index (χ4v) is 2.48. The van der Waals surface area contributed by atoms with E-state index in [4.69, 9.17) is 10.5 Å². The van der Waals surface area contributed by atoms with Crippen LogP contribution >= 0.6 is 0 Å². The predicted molar refractivity (Wildman–Crippen MR) is 71.9 cm³/mol. The van der Waals surface area contributed by atoms with Gasteiger partial charge in [-0.3, -0.25) is 0 Å². The number of nitrogens with one attached hydrogen (secondary N) is 1. The molecule has 20 heavy (non-hydrogen) atoms. The number of nitrogen functional groups attached to an aromatic ring is 1. The Bertz CT molecular complexity index is 613. The zero-order chi connectivity index (χ0) is 13.9. The van der Waals surface area contributed by atoms with Crippen molar-refractivity contribution in [3.8, 4) is 0 Å². The zero-order valence-corrected chi connectivity index (χ0v) is 12.7. The molecule has 0 aliphatic carbocycles. The summed E-state index contributed by atoms with van der Waals surface area (Å²) in [6, 6.07) is 5.88. The van der Waals surface area contributed by atoms with Gasteiger partial charge in [0.05, 0.1) is 12.0 Å². The Kier molecular flexibility index (Phi) is 5.78. The van der Waals surface area contributed by atoms with Gasteiger partial charge < -0.3 is 21.0 Å². The van der Waals surface area contributed by atoms with E-state index in [2.05, 4.69) is 15.2 Å². The van der Waals surface area contributed by atoms with E-state index in [0.717, 1.165) is 0 Å². The Morgan fingerprint density at radius 1 is 1.35 bits per heavy atom. The minimum atomic E-state index is -3.66. The maximum Gasteiger partial charge on any atom is 1.00 e. The van der Waals surface area contributed by atoms with Crippen LogP contribution in [-0.4, -0.2) is 27.6 Å². The van der Waals surface area contributed by atoms with Crippen molar-refractivity contribution in [3.63, 3.8) is 0 Å². The van der Waals surface area contributed by atoms with Crippen LogP contribution in [-0.2, 0) is 37.1 Å². The number of sulfonamides is 1. The van der Waals surface area contributed by atoms with Gasteiger partial charge in [0, 0.05) is 5.69 Å². The van der Waals surface area contributed by atoms with E-state index < -0.39 is 16.2 Å². The fourth-order valence-electron chi connectivity index (χ4n) is 1.41. The van der Waals surface area contributed by atoms with Crippen molar-refractivity contribution in [2.24, 2.45) is 5.10 Å². The van der Waals surface area contributed by atoms with E-state index in [0.29, 0.717) is 11.6 Å². The van der Waals surface area contributed by atoms with Crippen LogP contribution in [0.5, 0.6) is 0 Å². The molecular weight excluding hydrogens is 376 g/mol. The number of rotatable bonds is 3. The van der Waals surface area contributed by atoms with Crippen LogP contribution in [0.2, 0.25) is 0 Å². The van der Waals surface area contributed by atoms with Crippen LogP contribution in [0.3, 0.4) is 0 Å². The SMILES string of the molecule is COC1=N[N-]C(NS(=O)(=O)c2ccc(N)cc2)C=C1.[Ag+]. The fraction of sp³-hybridized carbons (Fsp3) is 0.182. The van der Waals surface area contributed by atoms with Gasteiger partial charge in [-0.15, -0.1) is 0 Å². The molecule has 112 valence electrons. The first-order valence-electron chi connectivity index (χ1n) is 5.39. The van der Waals surface area contributed by atoms with Gasteiger partial charge in [-0.1, -0.05) is 6.08 Å². The molecule has 1 heterocycles. The van der Waals surface area contributed by atoms with E-state index in [1.54, 1.807) is 12.2 Å². The number of nitrogens with two attached hydrogens (primary N) is 1. The second-order valence-corrected chi connectivity index (χ2v) is 5.47. The Labute approximate surface area is 132 Å². The molecule has 0 radical (unpaired) electrons. The van der Waals surface area contributed by atoms with Gasteiger partial charge >= 0.3 is 22.4 Å². The average Bonchev–Trinajstić information content (AvgIpc) is 2.40. The molecule has 0 saturated heterocycles. The molecule has 2 rings (SSSR count). The molecule has 1 aliphatic heterocycles. The third-order valence-electron chi connectivity index (χ3n) is 2.38. The van der Waals surface area contributed by atoms with E-state index in [1.807, 2.05) is 0 Å². The van der Waals surface area contributed by atoms with E-state index in [9.17, 15) is 8.42 Å². The maximum absolute atomic E-state index is 12.0. The van der Waals surface area contributed by atoms with Crippen molar-refractivity contribution in [1.29, 1.82) is 0 Å². The first kappa shape index (κ1) is 16.7. The summed E-state index contributed by atoms with van der Waals surface area (Å²) in [7, 11) is -2.21. The maximum atomic E-state index is 12.0. The Morgan fingerprint density at radius 3 is 2.50 bits per heavy atom. The summed E-state index contributed by atoms with van der Waals surface area (Å²) in [5.41, 5.74) is 9.78. The van der Waals surface area contributed by atoms with Crippen molar-refractivity contribution in [2.75, 3.05) is 12.8 Å². The molecule has 0 fully saturated rings. The van der Waals surface area contributed by atoms with Gasteiger partial charge in [0.1, 0.15) is 0 Å². The molecule has 1 atom stereocenters. The molecule has 0 spiro atoms. The van der Waals surface area contributed by atoms with Gasteiger partial charge in [0.2, 0.25) is 10.0 Å². The minimum Gasteiger partial charge on any atom is -0.580 e. The Balaban J connectivity index is 0.00000200.